The number of aromatic nitrogens is 2. The zero-order chi connectivity index (χ0) is 15.2. The minimum Gasteiger partial charge on any atom is -0.379 e. The van der Waals surface area contributed by atoms with E-state index < -0.39 is 0 Å². The highest BCUT2D eigenvalue weighted by Crippen LogP contribution is 2.27. The topological polar surface area (TPSA) is 41.5 Å². The van der Waals surface area contributed by atoms with Crippen LogP contribution in [0.4, 0.5) is 5.13 Å². The quantitative estimate of drug-likeness (QED) is 0.818. The van der Waals surface area contributed by atoms with Gasteiger partial charge in [-0.15, -0.1) is 10.2 Å². The summed E-state index contributed by atoms with van der Waals surface area (Å²) in [6, 6.07) is 10.2. The van der Waals surface area contributed by atoms with Crippen molar-refractivity contribution < 1.29 is 4.74 Å². The van der Waals surface area contributed by atoms with Crippen molar-refractivity contribution in [3.05, 3.63) is 30.3 Å². The molecule has 5 nitrogen and oxygen atoms in total. The molecule has 0 spiro atoms. The first-order valence-electron chi connectivity index (χ1n) is 7.73. The first-order valence-corrected chi connectivity index (χ1v) is 8.55. The van der Waals surface area contributed by atoms with Gasteiger partial charge in [0.2, 0.25) is 5.13 Å². The fourth-order valence-corrected chi connectivity index (χ4v) is 3.36. The number of anilines is 1. The maximum Gasteiger partial charge on any atom is 0.208 e. The SMILES string of the molecule is CN(CCCN1CCOCC1)c1nnc(-c2ccccc2)s1. The molecule has 118 valence electrons. The summed E-state index contributed by atoms with van der Waals surface area (Å²) in [5.41, 5.74) is 1.13. The van der Waals surface area contributed by atoms with Gasteiger partial charge in [-0.1, -0.05) is 41.7 Å². The second-order valence-electron chi connectivity index (χ2n) is 5.48. The summed E-state index contributed by atoms with van der Waals surface area (Å²) in [6.07, 6.45) is 1.14. The van der Waals surface area contributed by atoms with E-state index in [2.05, 4.69) is 39.2 Å². The minimum absolute atomic E-state index is 0.868. The van der Waals surface area contributed by atoms with Gasteiger partial charge in [0.1, 0.15) is 5.01 Å². The van der Waals surface area contributed by atoms with Crippen LogP contribution in [0.1, 0.15) is 6.42 Å². The van der Waals surface area contributed by atoms with E-state index in [9.17, 15) is 0 Å². The van der Waals surface area contributed by atoms with Crippen LogP contribution in [0.5, 0.6) is 0 Å². The Morgan fingerprint density at radius 3 is 2.73 bits per heavy atom. The van der Waals surface area contributed by atoms with Crippen molar-refractivity contribution in [2.45, 2.75) is 6.42 Å². The molecule has 3 rings (SSSR count). The lowest BCUT2D eigenvalue weighted by molar-refractivity contribution is 0.0377. The smallest absolute Gasteiger partial charge is 0.208 e. The van der Waals surface area contributed by atoms with Gasteiger partial charge < -0.3 is 9.64 Å². The van der Waals surface area contributed by atoms with Gasteiger partial charge >= 0.3 is 0 Å². The molecule has 0 amide bonds. The first-order chi connectivity index (χ1) is 10.8. The van der Waals surface area contributed by atoms with E-state index in [1.165, 1.54) is 0 Å². The third-order valence-corrected chi connectivity index (χ3v) is 4.92. The summed E-state index contributed by atoms with van der Waals surface area (Å²) in [4.78, 5) is 4.66. The van der Waals surface area contributed by atoms with Gasteiger partial charge in [0.05, 0.1) is 13.2 Å². The lowest BCUT2D eigenvalue weighted by Crippen LogP contribution is -2.37. The van der Waals surface area contributed by atoms with Crippen molar-refractivity contribution in [2.75, 3.05) is 51.3 Å². The third-order valence-electron chi connectivity index (χ3n) is 3.83. The van der Waals surface area contributed by atoms with Gasteiger partial charge in [-0.05, 0) is 6.42 Å². The average Bonchev–Trinajstić information content (AvgIpc) is 3.07. The Labute approximate surface area is 135 Å². The Morgan fingerprint density at radius 2 is 1.95 bits per heavy atom. The lowest BCUT2D eigenvalue weighted by atomic mass is 10.2. The van der Waals surface area contributed by atoms with Crippen LogP contribution in [0.25, 0.3) is 10.6 Å². The molecule has 6 heteroatoms. The molecule has 0 N–H and O–H groups in total. The standard InChI is InChI=1S/C16H22N4OS/c1-19(8-5-9-20-10-12-21-13-11-20)16-18-17-15(22-16)14-6-3-2-4-7-14/h2-4,6-7H,5,8-13H2,1H3. The van der Waals surface area contributed by atoms with E-state index in [1.54, 1.807) is 11.3 Å². The van der Waals surface area contributed by atoms with Gasteiger partial charge in [-0.25, -0.2) is 0 Å². The highest BCUT2D eigenvalue weighted by atomic mass is 32.1. The van der Waals surface area contributed by atoms with Crippen LogP contribution in [0.3, 0.4) is 0 Å². The van der Waals surface area contributed by atoms with Crippen molar-refractivity contribution in [1.29, 1.82) is 0 Å². The molecule has 1 aliphatic rings. The number of rotatable bonds is 6. The number of ether oxygens (including phenoxy) is 1. The molecule has 1 aromatic heterocycles. The predicted octanol–water partition coefficient (Wildman–Crippen LogP) is 2.36. The normalized spacial score (nSPS) is 15.9. The van der Waals surface area contributed by atoms with Crippen LogP contribution in [0, 0.1) is 0 Å². The van der Waals surface area contributed by atoms with Crippen molar-refractivity contribution in [3.63, 3.8) is 0 Å². The largest absolute Gasteiger partial charge is 0.379 e. The number of nitrogens with zero attached hydrogens (tertiary/aromatic N) is 4. The van der Waals surface area contributed by atoms with E-state index in [4.69, 9.17) is 4.74 Å². The van der Waals surface area contributed by atoms with Crippen molar-refractivity contribution in [1.82, 2.24) is 15.1 Å². The Morgan fingerprint density at radius 1 is 1.18 bits per heavy atom. The molecule has 0 atom stereocenters. The average molecular weight is 318 g/mol. The summed E-state index contributed by atoms with van der Waals surface area (Å²) in [6.45, 7) is 5.97. The predicted molar refractivity (Wildman–Crippen MR) is 90.5 cm³/mol. The van der Waals surface area contributed by atoms with Crippen LogP contribution in [0.15, 0.2) is 30.3 Å². The number of morpholine rings is 1. The van der Waals surface area contributed by atoms with Crippen molar-refractivity contribution in [2.24, 2.45) is 0 Å². The molecule has 0 saturated carbocycles. The lowest BCUT2D eigenvalue weighted by Gasteiger charge is -2.27. The zero-order valence-electron chi connectivity index (χ0n) is 12.9. The maximum absolute atomic E-state index is 5.37. The molecular formula is C16H22N4OS. The molecule has 0 bridgehead atoms. The monoisotopic (exact) mass is 318 g/mol. The fraction of sp³-hybridized carbons (Fsp3) is 0.500. The molecule has 2 heterocycles. The number of benzene rings is 1. The van der Waals surface area contributed by atoms with E-state index >= 15 is 0 Å². The van der Waals surface area contributed by atoms with E-state index in [0.29, 0.717) is 0 Å². The third kappa shape index (κ3) is 4.03. The molecule has 0 aliphatic carbocycles. The molecule has 1 aromatic carbocycles. The highest BCUT2D eigenvalue weighted by molar-refractivity contribution is 7.18. The molecule has 1 saturated heterocycles. The molecule has 22 heavy (non-hydrogen) atoms. The zero-order valence-corrected chi connectivity index (χ0v) is 13.8. The van der Waals surface area contributed by atoms with Crippen LogP contribution >= 0.6 is 11.3 Å². The van der Waals surface area contributed by atoms with Crippen LogP contribution in [0.2, 0.25) is 0 Å². The second-order valence-corrected chi connectivity index (χ2v) is 6.44. The van der Waals surface area contributed by atoms with Gasteiger partial charge in [-0.2, -0.15) is 0 Å². The number of hydrogen-bond acceptors (Lipinski definition) is 6. The minimum atomic E-state index is 0.868. The van der Waals surface area contributed by atoms with E-state index in [-0.39, 0.29) is 0 Å². The number of hydrogen-bond donors (Lipinski definition) is 0. The molecule has 2 aromatic rings. The highest BCUT2D eigenvalue weighted by Gasteiger charge is 2.12. The summed E-state index contributed by atoms with van der Waals surface area (Å²) in [5.74, 6) is 0. The maximum atomic E-state index is 5.37. The first kappa shape index (κ1) is 15.4. The van der Waals surface area contributed by atoms with Gasteiger partial charge in [0.15, 0.2) is 0 Å². The summed E-state index contributed by atoms with van der Waals surface area (Å²) < 4.78 is 5.37. The summed E-state index contributed by atoms with van der Waals surface area (Å²) >= 11 is 1.65. The van der Waals surface area contributed by atoms with Crippen molar-refractivity contribution in [3.8, 4) is 10.6 Å². The Balaban J connectivity index is 1.50. The molecule has 1 aliphatic heterocycles. The second kappa shape index (κ2) is 7.67. The summed E-state index contributed by atoms with van der Waals surface area (Å²) in [7, 11) is 2.09. The van der Waals surface area contributed by atoms with E-state index in [0.717, 1.165) is 61.5 Å². The van der Waals surface area contributed by atoms with Gasteiger partial charge in [0.25, 0.3) is 0 Å². The van der Waals surface area contributed by atoms with E-state index in [1.807, 2.05) is 18.2 Å². The molecule has 1 fully saturated rings. The summed E-state index contributed by atoms with van der Waals surface area (Å²) in [5, 5.41) is 10.6. The molecule has 0 unspecified atom stereocenters. The van der Waals surface area contributed by atoms with Crippen molar-refractivity contribution >= 4 is 16.5 Å². The molecule has 0 radical (unpaired) electrons. The van der Waals surface area contributed by atoms with Crippen LogP contribution in [-0.2, 0) is 4.74 Å². The molecular weight excluding hydrogens is 296 g/mol. The Kier molecular flexibility index (Phi) is 5.37. The Hall–Kier alpha value is -1.50. The Bertz CT molecular complexity index is 569. The van der Waals surface area contributed by atoms with Gasteiger partial charge in [0, 0.05) is 38.8 Å². The van der Waals surface area contributed by atoms with Gasteiger partial charge in [-0.3, -0.25) is 4.90 Å². The van der Waals surface area contributed by atoms with Crippen LogP contribution in [-0.4, -0.2) is 61.5 Å². The fourth-order valence-electron chi connectivity index (χ4n) is 2.52. The van der Waals surface area contributed by atoms with Crippen LogP contribution < -0.4 is 4.90 Å².